The van der Waals surface area contributed by atoms with Crippen molar-refractivity contribution in [1.82, 2.24) is 36.0 Å². The summed E-state index contributed by atoms with van der Waals surface area (Å²) in [5.74, 6) is 0.916. The fourth-order valence-corrected chi connectivity index (χ4v) is 3.68. The monoisotopic (exact) mass is 423 g/mol. The van der Waals surface area contributed by atoms with E-state index >= 15 is 0 Å². The number of aromatic amines is 1. The summed E-state index contributed by atoms with van der Waals surface area (Å²) in [6, 6.07) is 4.90. The van der Waals surface area contributed by atoms with Crippen molar-refractivity contribution in [2.45, 2.75) is 12.3 Å². The molecule has 3 aromatic rings. The lowest BCUT2D eigenvalue weighted by molar-refractivity contribution is 0.0951. The number of rotatable bonds is 7. The van der Waals surface area contributed by atoms with Crippen LogP contribution >= 0.6 is 0 Å². The average Bonchev–Trinajstić information content (AvgIpc) is 3.40. The highest BCUT2D eigenvalue weighted by Gasteiger charge is 2.32. The number of carbonyl (C=O) groups is 1. The number of para-hydroxylation sites is 1. The SMILES string of the molecule is O=C(NCC1=CC=CNN1)c1coc(C2CN(CCc3nc4c(F)cccc4[nH]3)C2)n1. The lowest BCUT2D eigenvalue weighted by atomic mass is 10.00. The number of hydrazine groups is 1. The van der Waals surface area contributed by atoms with Crippen molar-refractivity contribution in [3.8, 4) is 0 Å². The Balaban J connectivity index is 1.09. The van der Waals surface area contributed by atoms with Crippen LogP contribution in [-0.4, -0.2) is 51.9 Å². The van der Waals surface area contributed by atoms with Crippen molar-refractivity contribution in [3.05, 3.63) is 71.7 Å². The largest absolute Gasteiger partial charge is 0.448 e. The highest BCUT2D eigenvalue weighted by molar-refractivity contribution is 5.92. The molecule has 2 aliphatic rings. The molecule has 0 bridgehead atoms. The van der Waals surface area contributed by atoms with E-state index in [1.165, 1.54) is 12.3 Å². The maximum atomic E-state index is 13.8. The first-order valence-corrected chi connectivity index (χ1v) is 10.1. The van der Waals surface area contributed by atoms with Gasteiger partial charge in [-0.25, -0.2) is 14.4 Å². The maximum Gasteiger partial charge on any atom is 0.273 e. The fraction of sp³-hybridized carbons (Fsp3) is 0.286. The normalized spacial score (nSPS) is 16.5. The number of carbonyl (C=O) groups excluding carboxylic acids is 1. The quantitative estimate of drug-likeness (QED) is 0.456. The maximum absolute atomic E-state index is 13.8. The predicted octanol–water partition coefficient (Wildman–Crippen LogP) is 1.57. The van der Waals surface area contributed by atoms with Gasteiger partial charge in [0.25, 0.3) is 5.91 Å². The van der Waals surface area contributed by atoms with Crippen LogP contribution in [0, 0.1) is 5.82 Å². The van der Waals surface area contributed by atoms with E-state index in [9.17, 15) is 9.18 Å². The summed E-state index contributed by atoms with van der Waals surface area (Å²) in [5.41, 5.74) is 8.02. The summed E-state index contributed by atoms with van der Waals surface area (Å²) in [5, 5.41) is 2.81. The van der Waals surface area contributed by atoms with E-state index in [1.54, 1.807) is 12.3 Å². The molecule has 4 N–H and O–H groups in total. The molecule has 2 aromatic heterocycles. The first-order chi connectivity index (χ1) is 15.2. The third-order valence-corrected chi connectivity index (χ3v) is 5.39. The van der Waals surface area contributed by atoms with Gasteiger partial charge in [0.05, 0.1) is 23.7 Å². The molecule has 0 saturated carbocycles. The number of hydrogen-bond acceptors (Lipinski definition) is 7. The van der Waals surface area contributed by atoms with E-state index in [4.69, 9.17) is 4.42 Å². The molecule has 0 radical (unpaired) electrons. The van der Waals surface area contributed by atoms with Gasteiger partial charge in [-0.2, -0.15) is 0 Å². The van der Waals surface area contributed by atoms with Crippen molar-refractivity contribution in [3.63, 3.8) is 0 Å². The Bertz CT molecular complexity index is 1160. The second kappa shape index (κ2) is 8.23. The number of benzene rings is 1. The molecule has 9 nitrogen and oxygen atoms in total. The number of fused-ring (bicyclic) bond motifs is 1. The molecule has 1 saturated heterocycles. The van der Waals surface area contributed by atoms with Gasteiger partial charge in [-0.15, -0.1) is 0 Å². The molecular weight excluding hydrogens is 401 g/mol. The third-order valence-electron chi connectivity index (χ3n) is 5.39. The van der Waals surface area contributed by atoms with Crippen molar-refractivity contribution in [1.29, 1.82) is 0 Å². The molecule has 0 aliphatic carbocycles. The molecule has 0 atom stereocenters. The Morgan fingerprint density at radius 2 is 2.23 bits per heavy atom. The highest BCUT2D eigenvalue weighted by Crippen LogP contribution is 2.26. The minimum atomic E-state index is -0.312. The van der Waals surface area contributed by atoms with E-state index in [0.717, 1.165) is 31.2 Å². The van der Waals surface area contributed by atoms with Gasteiger partial charge in [0.1, 0.15) is 17.6 Å². The minimum Gasteiger partial charge on any atom is -0.448 e. The number of oxazole rings is 1. The van der Waals surface area contributed by atoms with Crippen molar-refractivity contribution in [2.24, 2.45) is 0 Å². The lowest BCUT2D eigenvalue weighted by Crippen LogP contribution is -2.46. The third kappa shape index (κ3) is 4.15. The Morgan fingerprint density at radius 3 is 3.03 bits per heavy atom. The lowest BCUT2D eigenvalue weighted by Gasteiger charge is -2.37. The molecule has 2 aliphatic heterocycles. The van der Waals surface area contributed by atoms with E-state index in [1.807, 2.05) is 18.2 Å². The first-order valence-electron chi connectivity index (χ1n) is 10.1. The van der Waals surface area contributed by atoms with Gasteiger partial charge in [0.2, 0.25) is 0 Å². The standard InChI is InChI=1S/C21H22FN7O2/c22-15-4-1-5-16-19(15)27-18(25-16)6-8-29-10-13(11-29)21-26-17(12-31-21)20(30)23-9-14-3-2-7-24-28-14/h1-5,7,12-13,24,28H,6,8-11H2,(H,23,30)(H,25,27). The van der Waals surface area contributed by atoms with E-state index < -0.39 is 0 Å². The molecule has 1 fully saturated rings. The Hall–Kier alpha value is -3.66. The zero-order chi connectivity index (χ0) is 21.2. The average molecular weight is 423 g/mol. The molecule has 4 heterocycles. The summed E-state index contributed by atoms with van der Waals surface area (Å²) in [6.45, 7) is 2.76. The second-order valence-corrected chi connectivity index (χ2v) is 7.60. The van der Waals surface area contributed by atoms with Crippen molar-refractivity contribution < 1.29 is 13.6 Å². The molecule has 0 unspecified atom stereocenters. The van der Waals surface area contributed by atoms with E-state index in [-0.39, 0.29) is 23.3 Å². The number of allylic oxidation sites excluding steroid dienone is 2. The Kier molecular flexibility index (Phi) is 5.13. The van der Waals surface area contributed by atoms with Crippen LogP contribution < -0.4 is 16.2 Å². The first kappa shape index (κ1) is 19.3. The van der Waals surface area contributed by atoms with Gasteiger partial charge in [-0.1, -0.05) is 6.07 Å². The summed E-state index contributed by atoms with van der Waals surface area (Å²) in [6.07, 6.45) is 7.58. The fourth-order valence-electron chi connectivity index (χ4n) is 3.68. The molecule has 160 valence electrons. The number of hydrogen-bond donors (Lipinski definition) is 4. The van der Waals surface area contributed by atoms with Crippen LogP contribution in [0.15, 0.2) is 52.9 Å². The predicted molar refractivity (Wildman–Crippen MR) is 111 cm³/mol. The Labute approximate surface area is 177 Å². The van der Waals surface area contributed by atoms with Crippen LogP contribution in [0.4, 0.5) is 4.39 Å². The summed E-state index contributed by atoms with van der Waals surface area (Å²) in [7, 11) is 0. The highest BCUT2D eigenvalue weighted by atomic mass is 19.1. The summed E-state index contributed by atoms with van der Waals surface area (Å²) < 4.78 is 19.3. The van der Waals surface area contributed by atoms with Crippen LogP contribution in [0.2, 0.25) is 0 Å². The zero-order valence-electron chi connectivity index (χ0n) is 16.7. The van der Waals surface area contributed by atoms with Gasteiger partial charge >= 0.3 is 0 Å². The molecule has 10 heteroatoms. The summed E-state index contributed by atoms with van der Waals surface area (Å²) >= 11 is 0. The number of imidazole rings is 1. The molecule has 1 aromatic carbocycles. The number of H-pyrrole nitrogens is 1. The Morgan fingerprint density at radius 1 is 1.32 bits per heavy atom. The molecule has 31 heavy (non-hydrogen) atoms. The molecule has 0 spiro atoms. The number of nitrogens with zero attached hydrogens (tertiary/aromatic N) is 3. The number of halogens is 1. The number of aromatic nitrogens is 3. The number of likely N-dealkylation sites (tertiary alicyclic amines) is 1. The number of nitrogens with one attached hydrogen (secondary N) is 4. The van der Waals surface area contributed by atoms with E-state index in [2.05, 4.69) is 36.0 Å². The van der Waals surface area contributed by atoms with Gasteiger partial charge in [0, 0.05) is 32.3 Å². The van der Waals surface area contributed by atoms with Crippen LogP contribution in [-0.2, 0) is 6.42 Å². The molecule has 5 rings (SSSR count). The zero-order valence-corrected chi connectivity index (χ0v) is 16.7. The minimum absolute atomic E-state index is 0.159. The smallest absolute Gasteiger partial charge is 0.273 e. The van der Waals surface area contributed by atoms with Crippen LogP contribution in [0.25, 0.3) is 11.0 Å². The molecular formula is C21H22FN7O2. The van der Waals surface area contributed by atoms with Crippen LogP contribution in [0.3, 0.4) is 0 Å². The molecule has 1 amide bonds. The van der Waals surface area contributed by atoms with Crippen LogP contribution in [0.1, 0.15) is 28.1 Å². The van der Waals surface area contributed by atoms with Gasteiger partial charge in [-0.3, -0.25) is 4.79 Å². The second-order valence-electron chi connectivity index (χ2n) is 7.60. The van der Waals surface area contributed by atoms with Crippen molar-refractivity contribution in [2.75, 3.05) is 26.2 Å². The van der Waals surface area contributed by atoms with Gasteiger partial charge in [0.15, 0.2) is 17.4 Å². The van der Waals surface area contributed by atoms with Crippen molar-refractivity contribution >= 4 is 16.9 Å². The van der Waals surface area contributed by atoms with Gasteiger partial charge in [-0.05, 0) is 24.3 Å². The summed E-state index contributed by atoms with van der Waals surface area (Å²) in [4.78, 5) is 26.4. The topological polar surface area (TPSA) is 111 Å². The van der Waals surface area contributed by atoms with Crippen LogP contribution in [0.5, 0.6) is 0 Å². The van der Waals surface area contributed by atoms with E-state index in [0.29, 0.717) is 29.9 Å². The number of amides is 1. The van der Waals surface area contributed by atoms with Gasteiger partial charge < -0.3 is 30.5 Å².